The molecule has 6 nitrogen and oxygen atoms in total. The molecule has 10 heteroatoms. The molecule has 1 unspecified atom stereocenters. The minimum Gasteiger partial charge on any atom is -0.481 e. The van der Waals surface area contributed by atoms with Gasteiger partial charge in [-0.2, -0.15) is 18.3 Å². The summed E-state index contributed by atoms with van der Waals surface area (Å²) < 4.78 is 57.9. The number of rotatable bonds is 7. The van der Waals surface area contributed by atoms with Gasteiger partial charge in [-0.1, -0.05) is 6.07 Å². The van der Waals surface area contributed by atoms with Crippen LogP contribution < -0.4 is 15.6 Å². The third-order valence-corrected chi connectivity index (χ3v) is 4.47. The summed E-state index contributed by atoms with van der Waals surface area (Å²) in [5.74, 6) is -1.05. The fourth-order valence-electron chi connectivity index (χ4n) is 2.82. The zero-order chi connectivity index (χ0) is 23.3. The Labute approximate surface area is 180 Å². The van der Waals surface area contributed by atoms with Gasteiger partial charge in [-0.25, -0.2) is 9.07 Å². The number of alkyl halides is 3. The quantitative estimate of drug-likeness (QED) is 0.559. The number of amides is 1. The SMILES string of the molecule is CC(Oc1cccc(C(F)(F)F)c1)C(=O)NCCn1nc(-c2ccc(F)cc2)ccc1=O. The number of ether oxygens (including phenoxy) is 1. The average Bonchev–Trinajstić information content (AvgIpc) is 2.75. The smallest absolute Gasteiger partial charge is 0.416 e. The van der Waals surface area contributed by atoms with Crippen LogP contribution in [0.3, 0.4) is 0 Å². The van der Waals surface area contributed by atoms with E-state index in [0.29, 0.717) is 11.3 Å². The molecule has 0 saturated heterocycles. The van der Waals surface area contributed by atoms with E-state index < -0.39 is 35.1 Å². The molecule has 0 spiro atoms. The summed E-state index contributed by atoms with van der Waals surface area (Å²) in [5.41, 5.74) is -0.197. The summed E-state index contributed by atoms with van der Waals surface area (Å²) in [5, 5.41) is 6.76. The minimum atomic E-state index is -4.52. The predicted molar refractivity (Wildman–Crippen MR) is 108 cm³/mol. The number of hydrogen-bond donors (Lipinski definition) is 1. The lowest BCUT2D eigenvalue weighted by molar-refractivity contribution is -0.137. The molecule has 0 fully saturated rings. The van der Waals surface area contributed by atoms with Gasteiger partial charge >= 0.3 is 6.18 Å². The molecular formula is C22H19F4N3O3. The van der Waals surface area contributed by atoms with Crippen LogP contribution in [0.4, 0.5) is 17.6 Å². The van der Waals surface area contributed by atoms with Gasteiger partial charge in [0.1, 0.15) is 11.6 Å². The lowest BCUT2D eigenvalue weighted by Gasteiger charge is -2.16. The molecular weight excluding hydrogens is 430 g/mol. The van der Waals surface area contributed by atoms with E-state index in [-0.39, 0.29) is 18.8 Å². The third kappa shape index (κ3) is 5.93. The second kappa shape index (κ2) is 9.63. The molecule has 3 aromatic rings. The lowest BCUT2D eigenvalue weighted by Crippen LogP contribution is -2.39. The molecule has 2 aromatic carbocycles. The number of carbonyl (C=O) groups excluding carboxylic acids is 1. The normalized spacial score (nSPS) is 12.3. The average molecular weight is 449 g/mol. The van der Waals surface area contributed by atoms with E-state index in [9.17, 15) is 27.2 Å². The zero-order valence-electron chi connectivity index (χ0n) is 16.9. The number of aromatic nitrogens is 2. The second-order valence-corrected chi connectivity index (χ2v) is 6.86. The van der Waals surface area contributed by atoms with E-state index in [1.807, 2.05) is 0 Å². The van der Waals surface area contributed by atoms with Crippen LogP contribution in [-0.4, -0.2) is 28.3 Å². The van der Waals surface area contributed by atoms with Crippen LogP contribution in [0.15, 0.2) is 65.5 Å². The fraction of sp³-hybridized carbons (Fsp3) is 0.227. The summed E-state index contributed by atoms with van der Waals surface area (Å²) in [6, 6.07) is 12.7. The lowest BCUT2D eigenvalue weighted by atomic mass is 10.1. The molecule has 0 aliphatic carbocycles. The standard InChI is InChI=1S/C22H19F4N3O3/c1-14(32-18-4-2-3-16(13-18)22(24,25)26)21(31)27-11-12-29-20(30)10-9-19(28-29)15-5-7-17(23)8-6-15/h2-10,13-14H,11-12H2,1H3,(H,27,31). The molecule has 1 amide bonds. The highest BCUT2D eigenvalue weighted by molar-refractivity contribution is 5.80. The predicted octanol–water partition coefficient (Wildman–Crippen LogP) is 3.65. The summed E-state index contributed by atoms with van der Waals surface area (Å²) in [6.07, 6.45) is -5.58. The van der Waals surface area contributed by atoms with Crippen molar-refractivity contribution < 1.29 is 27.1 Å². The van der Waals surface area contributed by atoms with Gasteiger partial charge in [-0.15, -0.1) is 0 Å². The van der Waals surface area contributed by atoms with Crippen molar-refractivity contribution >= 4 is 5.91 Å². The second-order valence-electron chi connectivity index (χ2n) is 6.86. The number of benzene rings is 2. The van der Waals surface area contributed by atoms with Crippen LogP contribution in [0, 0.1) is 5.82 Å². The number of hydrogen-bond acceptors (Lipinski definition) is 4. The fourth-order valence-corrected chi connectivity index (χ4v) is 2.82. The van der Waals surface area contributed by atoms with Crippen molar-refractivity contribution in [3.05, 3.63) is 82.4 Å². The molecule has 1 atom stereocenters. The molecule has 1 heterocycles. The first-order valence-corrected chi connectivity index (χ1v) is 9.59. The van der Waals surface area contributed by atoms with Crippen LogP contribution in [0.5, 0.6) is 5.75 Å². The summed E-state index contributed by atoms with van der Waals surface area (Å²) >= 11 is 0. The first-order valence-electron chi connectivity index (χ1n) is 9.59. The van der Waals surface area contributed by atoms with Gasteiger partial charge in [-0.05, 0) is 55.5 Å². The van der Waals surface area contributed by atoms with Gasteiger partial charge in [0, 0.05) is 18.2 Å². The summed E-state index contributed by atoms with van der Waals surface area (Å²) in [6.45, 7) is 1.49. The van der Waals surface area contributed by atoms with Gasteiger partial charge < -0.3 is 10.1 Å². The molecule has 0 bridgehead atoms. The topological polar surface area (TPSA) is 73.2 Å². The van der Waals surface area contributed by atoms with Crippen LogP contribution in [0.25, 0.3) is 11.3 Å². The Bertz CT molecular complexity index is 1140. The van der Waals surface area contributed by atoms with E-state index in [2.05, 4.69) is 10.4 Å². The maximum absolute atomic E-state index is 13.1. The van der Waals surface area contributed by atoms with Gasteiger partial charge in [0.15, 0.2) is 6.10 Å². The molecule has 0 saturated carbocycles. The first-order chi connectivity index (χ1) is 15.1. The molecule has 32 heavy (non-hydrogen) atoms. The van der Waals surface area contributed by atoms with E-state index in [1.54, 1.807) is 0 Å². The number of nitrogens with one attached hydrogen (secondary N) is 1. The van der Waals surface area contributed by atoms with E-state index in [1.165, 1.54) is 55.5 Å². The van der Waals surface area contributed by atoms with E-state index >= 15 is 0 Å². The monoisotopic (exact) mass is 449 g/mol. The van der Waals surface area contributed by atoms with E-state index in [0.717, 1.165) is 16.8 Å². The summed E-state index contributed by atoms with van der Waals surface area (Å²) in [4.78, 5) is 24.3. The first kappa shape index (κ1) is 23.0. The molecule has 1 aromatic heterocycles. The highest BCUT2D eigenvalue weighted by Crippen LogP contribution is 2.31. The van der Waals surface area contributed by atoms with Crippen LogP contribution >= 0.6 is 0 Å². The van der Waals surface area contributed by atoms with Crippen molar-refractivity contribution in [2.45, 2.75) is 25.7 Å². The minimum absolute atomic E-state index is 0.0366. The van der Waals surface area contributed by atoms with Crippen LogP contribution in [0.1, 0.15) is 12.5 Å². The van der Waals surface area contributed by atoms with Crippen LogP contribution in [-0.2, 0) is 17.5 Å². The zero-order valence-corrected chi connectivity index (χ0v) is 16.9. The van der Waals surface area contributed by atoms with E-state index in [4.69, 9.17) is 4.74 Å². The summed E-state index contributed by atoms with van der Waals surface area (Å²) in [7, 11) is 0. The Hall–Kier alpha value is -3.69. The Kier molecular flexibility index (Phi) is 6.92. The largest absolute Gasteiger partial charge is 0.481 e. The van der Waals surface area contributed by atoms with Gasteiger partial charge in [0.2, 0.25) is 0 Å². The number of carbonyl (C=O) groups is 1. The number of nitrogens with zero attached hydrogens (tertiary/aromatic N) is 2. The number of halogens is 4. The Balaban J connectivity index is 1.58. The highest BCUT2D eigenvalue weighted by atomic mass is 19.4. The van der Waals surface area contributed by atoms with Crippen molar-refractivity contribution in [3.8, 4) is 17.0 Å². The highest BCUT2D eigenvalue weighted by Gasteiger charge is 2.30. The van der Waals surface area contributed by atoms with Crippen molar-refractivity contribution in [1.29, 1.82) is 0 Å². The molecule has 0 aliphatic heterocycles. The van der Waals surface area contributed by atoms with Gasteiger partial charge in [0.25, 0.3) is 11.5 Å². The van der Waals surface area contributed by atoms with Gasteiger partial charge in [0.05, 0.1) is 17.8 Å². The van der Waals surface area contributed by atoms with Gasteiger partial charge in [-0.3, -0.25) is 9.59 Å². The Morgan fingerprint density at radius 2 is 1.84 bits per heavy atom. The van der Waals surface area contributed by atoms with Crippen molar-refractivity contribution in [3.63, 3.8) is 0 Å². The van der Waals surface area contributed by atoms with Crippen molar-refractivity contribution in [2.24, 2.45) is 0 Å². The Morgan fingerprint density at radius 1 is 1.12 bits per heavy atom. The van der Waals surface area contributed by atoms with Crippen molar-refractivity contribution in [1.82, 2.24) is 15.1 Å². The maximum atomic E-state index is 13.1. The Morgan fingerprint density at radius 3 is 2.53 bits per heavy atom. The molecule has 3 rings (SSSR count). The molecule has 168 valence electrons. The van der Waals surface area contributed by atoms with Crippen LogP contribution in [0.2, 0.25) is 0 Å². The van der Waals surface area contributed by atoms with Crippen molar-refractivity contribution in [2.75, 3.05) is 6.54 Å². The molecule has 0 aliphatic rings. The molecule has 1 N–H and O–H groups in total. The molecule has 0 radical (unpaired) electrons. The maximum Gasteiger partial charge on any atom is 0.416 e. The third-order valence-electron chi connectivity index (χ3n) is 4.47.